The number of hydrogen-bond donors (Lipinski definition) is 1. The standard InChI is InChI=1S/C8H6Br2N4/c9-5-1-2-7(12-3-5)14-8(11)6(10)4-13-14/h1-4H,11H2. The van der Waals surface area contributed by atoms with E-state index in [0.29, 0.717) is 11.6 Å². The monoisotopic (exact) mass is 316 g/mol. The number of nitrogens with two attached hydrogens (primary N) is 1. The second-order valence-electron chi connectivity index (χ2n) is 2.62. The Morgan fingerprint density at radius 2 is 2.00 bits per heavy atom. The average Bonchev–Trinajstić information content (AvgIpc) is 2.50. The van der Waals surface area contributed by atoms with Gasteiger partial charge in [0.25, 0.3) is 0 Å². The maximum absolute atomic E-state index is 5.77. The Bertz CT molecular complexity index is 449. The van der Waals surface area contributed by atoms with Crippen LogP contribution in [-0.2, 0) is 0 Å². The first-order valence-corrected chi connectivity index (χ1v) is 5.38. The summed E-state index contributed by atoms with van der Waals surface area (Å²) in [5.41, 5.74) is 5.77. The minimum Gasteiger partial charge on any atom is -0.383 e. The van der Waals surface area contributed by atoms with Gasteiger partial charge in [-0.3, -0.25) is 0 Å². The number of nitrogens with zero attached hydrogens (tertiary/aromatic N) is 3. The molecule has 0 bridgehead atoms. The third-order valence-corrected chi connectivity index (χ3v) is 2.77. The van der Waals surface area contributed by atoms with Gasteiger partial charge in [0.2, 0.25) is 0 Å². The zero-order valence-electron chi connectivity index (χ0n) is 6.98. The molecule has 4 nitrogen and oxygen atoms in total. The molecule has 0 aliphatic carbocycles. The molecule has 0 aliphatic heterocycles. The highest BCUT2D eigenvalue weighted by molar-refractivity contribution is 9.10. The molecule has 0 spiro atoms. The molecule has 6 heteroatoms. The SMILES string of the molecule is Nc1c(Br)cnn1-c1ccc(Br)cn1. The molecule has 2 N–H and O–H groups in total. The molecule has 0 atom stereocenters. The molecule has 0 unspecified atom stereocenters. The van der Waals surface area contributed by atoms with Crippen molar-refractivity contribution in [2.24, 2.45) is 0 Å². The van der Waals surface area contributed by atoms with Crippen LogP contribution in [0.4, 0.5) is 5.82 Å². The van der Waals surface area contributed by atoms with Crippen molar-refractivity contribution in [1.29, 1.82) is 0 Å². The number of halogens is 2. The van der Waals surface area contributed by atoms with E-state index in [1.54, 1.807) is 17.1 Å². The van der Waals surface area contributed by atoms with E-state index in [1.165, 1.54) is 0 Å². The van der Waals surface area contributed by atoms with Gasteiger partial charge in [0, 0.05) is 10.7 Å². The first-order chi connectivity index (χ1) is 6.68. The third-order valence-electron chi connectivity index (χ3n) is 1.69. The lowest BCUT2D eigenvalue weighted by molar-refractivity contribution is 0.856. The van der Waals surface area contributed by atoms with Gasteiger partial charge in [0.05, 0.1) is 10.7 Å². The lowest BCUT2D eigenvalue weighted by Gasteiger charge is -2.02. The fourth-order valence-corrected chi connectivity index (χ4v) is 1.51. The van der Waals surface area contributed by atoms with Gasteiger partial charge in [-0.2, -0.15) is 9.78 Å². The summed E-state index contributed by atoms with van der Waals surface area (Å²) in [5, 5.41) is 4.08. The number of pyridine rings is 1. The van der Waals surface area contributed by atoms with E-state index in [9.17, 15) is 0 Å². The Labute approximate surface area is 97.4 Å². The molecule has 0 aliphatic rings. The first kappa shape index (κ1) is 9.67. The van der Waals surface area contributed by atoms with Crippen LogP contribution < -0.4 is 5.73 Å². The molecule has 0 saturated heterocycles. The number of hydrogen-bond acceptors (Lipinski definition) is 3. The van der Waals surface area contributed by atoms with Crippen LogP contribution in [0.25, 0.3) is 5.82 Å². The predicted molar refractivity (Wildman–Crippen MR) is 61.2 cm³/mol. The number of anilines is 1. The van der Waals surface area contributed by atoms with E-state index < -0.39 is 0 Å². The normalized spacial score (nSPS) is 10.4. The summed E-state index contributed by atoms with van der Waals surface area (Å²) >= 11 is 6.59. The molecule has 0 fully saturated rings. The molecule has 14 heavy (non-hydrogen) atoms. The largest absolute Gasteiger partial charge is 0.383 e. The van der Waals surface area contributed by atoms with Crippen molar-refractivity contribution in [3.05, 3.63) is 33.5 Å². The Kier molecular flexibility index (Phi) is 2.56. The Morgan fingerprint density at radius 1 is 1.21 bits per heavy atom. The van der Waals surface area contributed by atoms with Gasteiger partial charge in [-0.1, -0.05) is 0 Å². The highest BCUT2D eigenvalue weighted by atomic mass is 79.9. The van der Waals surface area contributed by atoms with E-state index in [0.717, 1.165) is 8.95 Å². The second-order valence-corrected chi connectivity index (χ2v) is 4.39. The Balaban J connectivity index is 2.49. The second kappa shape index (κ2) is 3.70. The molecule has 2 aromatic rings. The van der Waals surface area contributed by atoms with Crippen LogP contribution in [0.2, 0.25) is 0 Å². The van der Waals surface area contributed by atoms with E-state index >= 15 is 0 Å². The first-order valence-electron chi connectivity index (χ1n) is 3.79. The molecule has 2 rings (SSSR count). The maximum atomic E-state index is 5.77. The summed E-state index contributed by atoms with van der Waals surface area (Å²) in [7, 11) is 0. The van der Waals surface area contributed by atoms with Crippen LogP contribution in [0, 0.1) is 0 Å². The van der Waals surface area contributed by atoms with Crippen molar-refractivity contribution in [3.8, 4) is 5.82 Å². The highest BCUT2D eigenvalue weighted by Gasteiger charge is 2.06. The van der Waals surface area contributed by atoms with Crippen molar-refractivity contribution in [1.82, 2.24) is 14.8 Å². The van der Waals surface area contributed by atoms with E-state index in [4.69, 9.17) is 5.73 Å². The van der Waals surface area contributed by atoms with Crippen LogP contribution in [0.1, 0.15) is 0 Å². The lowest BCUT2D eigenvalue weighted by atomic mass is 10.4. The van der Waals surface area contributed by atoms with Crippen LogP contribution >= 0.6 is 31.9 Å². The van der Waals surface area contributed by atoms with Gasteiger partial charge in [0.15, 0.2) is 5.82 Å². The Hall–Kier alpha value is -0.880. The fraction of sp³-hybridized carbons (Fsp3) is 0. The number of aromatic nitrogens is 3. The molecule has 0 aromatic carbocycles. The topological polar surface area (TPSA) is 56.7 Å². The summed E-state index contributed by atoms with van der Waals surface area (Å²) in [6.07, 6.45) is 3.34. The van der Waals surface area contributed by atoms with Crippen molar-refractivity contribution in [2.75, 3.05) is 5.73 Å². The molecule has 0 saturated carbocycles. The molecule has 2 aromatic heterocycles. The van der Waals surface area contributed by atoms with Gasteiger partial charge in [0.1, 0.15) is 5.82 Å². The van der Waals surface area contributed by atoms with Crippen LogP contribution in [0.5, 0.6) is 0 Å². The highest BCUT2D eigenvalue weighted by Crippen LogP contribution is 2.21. The van der Waals surface area contributed by atoms with Gasteiger partial charge >= 0.3 is 0 Å². The van der Waals surface area contributed by atoms with Crippen molar-refractivity contribution < 1.29 is 0 Å². The quantitative estimate of drug-likeness (QED) is 0.878. The maximum Gasteiger partial charge on any atom is 0.155 e. The summed E-state index contributed by atoms with van der Waals surface area (Å²) in [5.74, 6) is 1.23. The van der Waals surface area contributed by atoms with Gasteiger partial charge in [-0.25, -0.2) is 4.98 Å². The summed E-state index contributed by atoms with van der Waals surface area (Å²) in [6, 6.07) is 3.72. The molecule has 0 radical (unpaired) electrons. The molecule has 72 valence electrons. The number of nitrogen functional groups attached to an aromatic ring is 1. The third kappa shape index (κ3) is 1.67. The van der Waals surface area contributed by atoms with Gasteiger partial charge < -0.3 is 5.73 Å². The molecular formula is C8H6Br2N4. The number of rotatable bonds is 1. The minimum absolute atomic E-state index is 0.542. The summed E-state index contributed by atoms with van der Waals surface area (Å²) < 4.78 is 3.25. The zero-order chi connectivity index (χ0) is 10.1. The molecular weight excluding hydrogens is 312 g/mol. The summed E-state index contributed by atoms with van der Waals surface area (Å²) in [6.45, 7) is 0. The predicted octanol–water partition coefficient (Wildman–Crippen LogP) is 2.37. The van der Waals surface area contributed by atoms with Gasteiger partial charge in [-0.05, 0) is 44.0 Å². The van der Waals surface area contributed by atoms with E-state index in [-0.39, 0.29) is 0 Å². The molecule has 0 amide bonds. The smallest absolute Gasteiger partial charge is 0.155 e. The van der Waals surface area contributed by atoms with E-state index in [1.807, 2.05) is 12.1 Å². The van der Waals surface area contributed by atoms with Crippen LogP contribution in [-0.4, -0.2) is 14.8 Å². The van der Waals surface area contributed by atoms with Crippen molar-refractivity contribution >= 4 is 37.7 Å². The Morgan fingerprint density at radius 3 is 2.50 bits per heavy atom. The average molecular weight is 318 g/mol. The fourth-order valence-electron chi connectivity index (χ4n) is 1.01. The van der Waals surface area contributed by atoms with Crippen molar-refractivity contribution in [3.63, 3.8) is 0 Å². The zero-order valence-corrected chi connectivity index (χ0v) is 10.2. The molecule has 2 heterocycles. The van der Waals surface area contributed by atoms with Crippen LogP contribution in [0.3, 0.4) is 0 Å². The van der Waals surface area contributed by atoms with Crippen LogP contribution in [0.15, 0.2) is 33.5 Å². The van der Waals surface area contributed by atoms with E-state index in [2.05, 4.69) is 41.9 Å². The van der Waals surface area contributed by atoms with Crippen molar-refractivity contribution in [2.45, 2.75) is 0 Å². The summed E-state index contributed by atoms with van der Waals surface area (Å²) in [4.78, 5) is 4.18. The van der Waals surface area contributed by atoms with Gasteiger partial charge in [-0.15, -0.1) is 0 Å². The lowest BCUT2D eigenvalue weighted by Crippen LogP contribution is -2.03. The minimum atomic E-state index is 0.542.